The Morgan fingerprint density at radius 2 is 2.12 bits per heavy atom. The van der Waals surface area contributed by atoms with Crippen molar-refractivity contribution in [3.63, 3.8) is 0 Å². The van der Waals surface area contributed by atoms with Crippen LogP contribution in [0.3, 0.4) is 0 Å². The quantitative estimate of drug-likeness (QED) is 0.856. The van der Waals surface area contributed by atoms with Crippen molar-refractivity contribution in [2.75, 3.05) is 18.1 Å². The van der Waals surface area contributed by atoms with Gasteiger partial charge in [0.05, 0.1) is 17.8 Å². The molecule has 1 N–H and O–H groups in total. The predicted octanol–water partition coefficient (Wildman–Crippen LogP) is 0.989. The van der Waals surface area contributed by atoms with Gasteiger partial charge < -0.3 is 9.73 Å². The smallest absolute Gasteiger partial charge is 0.150 e. The average molecular weight is 243 g/mol. The minimum absolute atomic E-state index is 0.325. The summed E-state index contributed by atoms with van der Waals surface area (Å²) in [5, 5.41) is 3.37. The second kappa shape index (κ2) is 5.01. The van der Waals surface area contributed by atoms with E-state index in [9.17, 15) is 8.42 Å². The standard InChI is InChI=1S/C11H17NO3S/c13-16(14)8-4-10(5-9-16)12-6-3-11-2-1-7-15-11/h1-2,7,10,12H,3-6,8-9H2. The molecule has 2 rings (SSSR count). The lowest BCUT2D eigenvalue weighted by molar-refractivity contribution is 0.445. The van der Waals surface area contributed by atoms with Gasteiger partial charge >= 0.3 is 0 Å². The van der Waals surface area contributed by atoms with E-state index >= 15 is 0 Å². The molecule has 1 aromatic rings. The van der Waals surface area contributed by atoms with Crippen molar-refractivity contribution < 1.29 is 12.8 Å². The lowest BCUT2D eigenvalue weighted by Gasteiger charge is -2.22. The van der Waals surface area contributed by atoms with Crippen molar-refractivity contribution in [2.24, 2.45) is 0 Å². The molecule has 0 spiro atoms. The summed E-state index contributed by atoms with van der Waals surface area (Å²) in [4.78, 5) is 0. The Morgan fingerprint density at radius 1 is 1.38 bits per heavy atom. The topological polar surface area (TPSA) is 59.3 Å². The Kier molecular flexibility index (Phi) is 3.66. The first kappa shape index (κ1) is 11.7. The molecule has 16 heavy (non-hydrogen) atoms. The summed E-state index contributed by atoms with van der Waals surface area (Å²) in [6.07, 6.45) is 4.00. The third-order valence-electron chi connectivity index (χ3n) is 2.94. The highest BCUT2D eigenvalue weighted by molar-refractivity contribution is 7.91. The molecule has 0 aromatic carbocycles. The second-order valence-electron chi connectivity index (χ2n) is 4.21. The summed E-state index contributed by atoms with van der Waals surface area (Å²) in [6, 6.07) is 4.17. The minimum Gasteiger partial charge on any atom is -0.469 e. The molecule has 1 aromatic heterocycles. The van der Waals surface area contributed by atoms with Crippen molar-refractivity contribution in [2.45, 2.75) is 25.3 Å². The molecule has 1 saturated heterocycles. The first-order valence-electron chi connectivity index (χ1n) is 5.62. The van der Waals surface area contributed by atoms with Crippen LogP contribution in [0.1, 0.15) is 18.6 Å². The number of hydrogen-bond acceptors (Lipinski definition) is 4. The number of sulfone groups is 1. The molecule has 0 aliphatic carbocycles. The van der Waals surface area contributed by atoms with E-state index in [0.29, 0.717) is 17.5 Å². The Hall–Kier alpha value is -0.810. The van der Waals surface area contributed by atoms with E-state index in [1.807, 2.05) is 12.1 Å². The number of hydrogen-bond donors (Lipinski definition) is 1. The molecule has 0 unspecified atom stereocenters. The zero-order chi connectivity index (χ0) is 11.4. The highest BCUT2D eigenvalue weighted by atomic mass is 32.2. The van der Waals surface area contributed by atoms with Gasteiger partial charge in [-0.1, -0.05) is 0 Å². The summed E-state index contributed by atoms with van der Waals surface area (Å²) in [5.74, 6) is 1.62. The summed E-state index contributed by atoms with van der Waals surface area (Å²) in [5.41, 5.74) is 0. The van der Waals surface area contributed by atoms with Gasteiger partial charge in [-0.2, -0.15) is 0 Å². The SMILES string of the molecule is O=S1(=O)CCC(NCCc2ccco2)CC1. The van der Waals surface area contributed by atoms with E-state index in [1.54, 1.807) is 6.26 Å². The van der Waals surface area contributed by atoms with Gasteiger partial charge in [0.15, 0.2) is 0 Å². The van der Waals surface area contributed by atoms with Crippen LogP contribution in [0.2, 0.25) is 0 Å². The highest BCUT2D eigenvalue weighted by Gasteiger charge is 2.22. The predicted molar refractivity (Wildman–Crippen MR) is 62.1 cm³/mol. The van der Waals surface area contributed by atoms with Gasteiger partial charge in [-0.15, -0.1) is 0 Å². The molecule has 0 radical (unpaired) electrons. The van der Waals surface area contributed by atoms with Gasteiger partial charge in [0.1, 0.15) is 15.6 Å². The molecule has 0 bridgehead atoms. The third-order valence-corrected chi connectivity index (χ3v) is 4.65. The third kappa shape index (κ3) is 3.35. The molecular weight excluding hydrogens is 226 g/mol. The monoisotopic (exact) mass is 243 g/mol. The zero-order valence-electron chi connectivity index (χ0n) is 9.19. The molecule has 4 nitrogen and oxygen atoms in total. The maximum Gasteiger partial charge on any atom is 0.150 e. The van der Waals surface area contributed by atoms with E-state index in [4.69, 9.17) is 4.42 Å². The van der Waals surface area contributed by atoms with Crippen LogP contribution in [-0.4, -0.2) is 32.5 Å². The number of nitrogens with one attached hydrogen (secondary N) is 1. The summed E-state index contributed by atoms with van der Waals surface area (Å²) in [6.45, 7) is 0.845. The van der Waals surface area contributed by atoms with Gasteiger partial charge in [-0.25, -0.2) is 8.42 Å². The van der Waals surface area contributed by atoms with Crippen LogP contribution >= 0.6 is 0 Å². The van der Waals surface area contributed by atoms with Gasteiger partial charge in [0.2, 0.25) is 0 Å². The Bertz CT molecular complexity index is 396. The maximum atomic E-state index is 11.2. The van der Waals surface area contributed by atoms with Crippen LogP contribution in [0, 0.1) is 0 Å². The van der Waals surface area contributed by atoms with E-state index in [-0.39, 0.29) is 0 Å². The van der Waals surface area contributed by atoms with Crippen molar-refractivity contribution >= 4 is 9.84 Å². The zero-order valence-corrected chi connectivity index (χ0v) is 10.0. The molecule has 2 heterocycles. The van der Waals surface area contributed by atoms with Crippen LogP contribution in [0.25, 0.3) is 0 Å². The van der Waals surface area contributed by atoms with Crippen molar-refractivity contribution in [1.29, 1.82) is 0 Å². The Morgan fingerprint density at radius 3 is 2.75 bits per heavy atom. The average Bonchev–Trinajstić information content (AvgIpc) is 2.73. The number of furan rings is 1. The van der Waals surface area contributed by atoms with Gasteiger partial charge in [-0.3, -0.25) is 0 Å². The van der Waals surface area contributed by atoms with Gasteiger partial charge in [-0.05, 0) is 25.0 Å². The van der Waals surface area contributed by atoms with Crippen LogP contribution in [-0.2, 0) is 16.3 Å². The first-order chi connectivity index (χ1) is 7.66. The van der Waals surface area contributed by atoms with Crippen molar-refractivity contribution in [1.82, 2.24) is 5.32 Å². The molecule has 90 valence electrons. The Balaban J connectivity index is 1.68. The lowest BCUT2D eigenvalue weighted by Crippen LogP contribution is -2.38. The molecule has 1 fully saturated rings. The molecule has 0 saturated carbocycles. The number of rotatable bonds is 4. The van der Waals surface area contributed by atoms with Crippen LogP contribution < -0.4 is 5.32 Å². The maximum absolute atomic E-state index is 11.2. The van der Waals surface area contributed by atoms with Crippen LogP contribution in [0.15, 0.2) is 22.8 Å². The van der Waals surface area contributed by atoms with Crippen molar-refractivity contribution in [3.05, 3.63) is 24.2 Å². The molecule has 5 heteroatoms. The van der Waals surface area contributed by atoms with E-state index < -0.39 is 9.84 Å². The molecule has 0 amide bonds. The largest absolute Gasteiger partial charge is 0.469 e. The second-order valence-corrected chi connectivity index (χ2v) is 6.51. The van der Waals surface area contributed by atoms with E-state index in [2.05, 4.69) is 5.32 Å². The van der Waals surface area contributed by atoms with Gasteiger partial charge in [0, 0.05) is 19.0 Å². The fourth-order valence-corrected chi connectivity index (χ4v) is 3.44. The fourth-order valence-electron chi connectivity index (χ4n) is 1.95. The molecule has 1 aliphatic rings. The Labute approximate surface area is 95.9 Å². The molecule has 0 atom stereocenters. The van der Waals surface area contributed by atoms with Crippen LogP contribution in [0.4, 0.5) is 0 Å². The normalized spacial score (nSPS) is 21.0. The minimum atomic E-state index is -2.74. The van der Waals surface area contributed by atoms with Gasteiger partial charge in [0.25, 0.3) is 0 Å². The summed E-state index contributed by atoms with van der Waals surface area (Å²) >= 11 is 0. The highest BCUT2D eigenvalue weighted by Crippen LogP contribution is 2.12. The molecule has 1 aliphatic heterocycles. The van der Waals surface area contributed by atoms with Crippen LogP contribution in [0.5, 0.6) is 0 Å². The fraction of sp³-hybridized carbons (Fsp3) is 0.636. The first-order valence-corrected chi connectivity index (χ1v) is 7.44. The summed E-state index contributed by atoms with van der Waals surface area (Å²) in [7, 11) is -2.74. The molecular formula is C11H17NO3S. The van der Waals surface area contributed by atoms with E-state index in [0.717, 1.165) is 31.6 Å². The summed E-state index contributed by atoms with van der Waals surface area (Å²) < 4.78 is 27.6. The lowest BCUT2D eigenvalue weighted by atomic mass is 10.1. The van der Waals surface area contributed by atoms with Crippen molar-refractivity contribution in [3.8, 4) is 0 Å². The van der Waals surface area contributed by atoms with E-state index in [1.165, 1.54) is 0 Å².